The van der Waals surface area contributed by atoms with Gasteiger partial charge in [0.15, 0.2) is 31.6 Å². The van der Waals surface area contributed by atoms with Crippen molar-refractivity contribution in [2.24, 2.45) is 14.1 Å². The van der Waals surface area contributed by atoms with E-state index in [1.165, 1.54) is 11.4 Å². The highest BCUT2D eigenvalue weighted by atomic mass is 32.2. The largest absolute Gasteiger partial charge is 0.741 e. The van der Waals surface area contributed by atoms with Crippen molar-refractivity contribution in [3.63, 3.8) is 0 Å². The molecule has 0 unspecified atom stereocenters. The van der Waals surface area contributed by atoms with Crippen molar-refractivity contribution in [1.29, 1.82) is 0 Å². The quantitative estimate of drug-likeness (QED) is 0.226. The molecule has 206 valence electrons. The summed E-state index contributed by atoms with van der Waals surface area (Å²) in [6.45, 7) is 0. The molecule has 0 radical (unpaired) electrons. The highest BCUT2D eigenvalue weighted by Gasteiger charge is 2.37. The second-order valence-electron chi connectivity index (χ2n) is 6.54. The highest BCUT2D eigenvalue weighted by Crippen LogP contribution is 2.21. The van der Waals surface area contributed by atoms with Gasteiger partial charge in [-0.2, -0.15) is 35.5 Å². The summed E-state index contributed by atoms with van der Waals surface area (Å²) >= 11 is 0. The van der Waals surface area contributed by atoms with E-state index >= 15 is 0 Å². The molecule has 0 fully saturated rings. The number of halogens is 6. The molecule has 10 nitrogen and oxygen atoms in total. The van der Waals surface area contributed by atoms with Gasteiger partial charge in [0.05, 0.1) is 26.4 Å². The zero-order chi connectivity index (χ0) is 28.5. The molecular weight excluding hydrogens is 550 g/mol. The van der Waals surface area contributed by atoms with Crippen LogP contribution < -0.4 is 18.6 Å². The number of nitrogens with zero attached hydrogens (tertiary/aromatic N) is 2. The molecule has 0 amide bonds. The van der Waals surface area contributed by atoms with E-state index in [-0.39, 0.29) is 0 Å². The van der Waals surface area contributed by atoms with E-state index in [0.29, 0.717) is 0 Å². The molecule has 0 aliphatic rings. The van der Waals surface area contributed by atoms with Crippen LogP contribution in [0.4, 0.5) is 26.3 Å². The van der Waals surface area contributed by atoms with Crippen molar-refractivity contribution in [3.05, 3.63) is 47.8 Å². The monoisotopic (exact) mass is 572 g/mol. The zero-order valence-corrected chi connectivity index (χ0v) is 20.8. The Hall–Kier alpha value is -2.70. The summed E-state index contributed by atoms with van der Waals surface area (Å²) in [5, 5.41) is 0. The first kappa shape index (κ1) is 33.3. The van der Waals surface area contributed by atoms with E-state index in [0.717, 1.165) is 24.6 Å². The average Bonchev–Trinajstić information content (AvgIpc) is 2.72. The van der Waals surface area contributed by atoms with Crippen molar-refractivity contribution in [3.8, 4) is 11.8 Å². The molecule has 0 atom stereocenters. The van der Waals surface area contributed by atoms with Crippen molar-refractivity contribution < 1.29 is 70.9 Å². The predicted molar refractivity (Wildman–Crippen MR) is 107 cm³/mol. The Morgan fingerprint density at radius 1 is 0.694 bits per heavy atom. The maximum absolute atomic E-state index is 10.7. The van der Waals surface area contributed by atoms with E-state index in [1.54, 1.807) is 14.2 Å². The van der Waals surface area contributed by atoms with Gasteiger partial charge < -0.3 is 18.6 Å². The smallest absolute Gasteiger partial charge is 0.485 e. The lowest BCUT2D eigenvalue weighted by Gasteiger charge is -2.08. The number of ether oxygens (including phenoxy) is 2. The number of hydrogen-bond donors (Lipinski definition) is 0. The van der Waals surface area contributed by atoms with Crippen LogP contribution in [0, 0.1) is 0 Å². The number of methoxy groups -OCH3 is 2. The van der Waals surface area contributed by atoms with E-state index < -0.39 is 31.3 Å². The first-order chi connectivity index (χ1) is 16.2. The van der Waals surface area contributed by atoms with Crippen molar-refractivity contribution in [2.75, 3.05) is 14.2 Å². The molecular formula is C18H22F6N2O8S2. The molecule has 0 aliphatic carbocycles. The second-order valence-corrected chi connectivity index (χ2v) is 9.28. The number of aryl methyl sites for hydroxylation is 2. The van der Waals surface area contributed by atoms with Gasteiger partial charge in [0.2, 0.25) is 0 Å². The summed E-state index contributed by atoms with van der Waals surface area (Å²) in [5.41, 5.74) is -8.81. The lowest BCUT2D eigenvalue weighted by Crippen LogP contribution is -2.38. The molecule has 18 heteroatoms. The minimum absolute atomic E-state index is 0.873. The van der Waals surface area contributed by atoms with Gasteiger partial charge in [0.25, 0.3) is 0 Å². The van der Waals surface area contributed by atoms with E-state index in [9.17, 15) is 26.3 Å². The van der Waals surface area contributed by atoms with Crippen LogP contribution in [0.5, 0.6) is 11.8 Å². The number of rotatable bonds is 5. The molecule has 0 saturated heterocycles. The molecule has 0 aliphatic heterocycles. The summed E-state index contributed by atoms with van der Waals surface area (Å²) < 4.78 is 133. The van der Waals surface area contributed by atoms with E-state index in [4.69, 9.17) is 35.4 Å². The van der Waals surface area contributed by atoms with Gasteiger partial charge in [-0.1, -0.05) is 0 Å². The maximum atomic E-state index is 10.7. The fourth-order valence-corrected chi connectivity index (χ4v) is 2.38. The molecule has 0 spiro atoms. The number of alkyl halides is 6. The Balaban J connectivity index is 0.000000634. The van der Waals surface area contributed by atoms with E-state index in [1.807, 2.05) is 38.4 Å². The van der Waals surface area contributed by atoms with Gasteiger partial charge in [0, 0.05) is 25.0 Å². The Kier molecular flexibility index (Phi) is 12.0. The van der Waals surface area contributed by atoms with Gasteiger partial charge >= 0.3 is 22.8 Å². The van der Waals surface area contributed by atoms with Gasteiger partial charge in [-0.3, -0.25) is 0 Å². The Bertz CT molecular complexity index is 1120. The fourth-order valence-electron chi connectivity index (χ4n) is 2.38. The normalized spacial score (nSPS) is 12.0. The van der Waals surface area contributed by atoms with Gasteiger partial charge in [-0.25, -0.2) is 16.8 Å². The number of pyridine rings is 2. The molecule has 2 rings (SSSR count). The third kappa shape index (κ3) is 10.5. The van der Waals surface area contributed by atoms with Crippen LogP contribution in [0.3, 0.4) is 0 Å². The van der Waals surface area contributed by atoms with Crippen molar-refractivity contribution >= 4 is 20.2 Å². The van der Waals surface area contributed by atoms with Gasteiger partial charge in [0.1, 0.15) is 14.1 Å². The van der Waals surface area contributed by atoms with Crippen LogP contribution in [-0.4, -0.2) is 51.2 Å². The summed E-state index contributed by atoms with van der Waals surface area (Å²) in [4.78, 5) is 0. The fraction of sp³-hybridized carbons (Fsp3) is 0.444. The molecule has 2 aromatic rings. The van der Waals surface area contributed by atoms with Crippen LogP contribution in [0.1, 0.15) is 11.4 Å². The van der Waals surface area contributed by atoms with Crippen LogP contribution in [0.25, 0.3) is 0 Å². The first-order valence-corrected chi connectivity index (χ1v) is 12.1. The molecule has 2 heterocycles. The second kappa shape index (κ2) is 13.0. The van der Waals surface area contributed by atoms with Crippen molar-refractivity contribution in [2.45, 2.75) is 23.9 Å². The molecule has 0 aromatic carbocycles. The summed E-state index contributed by atoms with van der Waals surface area (Å²) in [6, 6.07) is 12.2. The summed E-state index contributed by atoms with van der Waals surface area (Å²) in [6.07, 6.45) is 1.91. The highest BCUT2D eigenvalue weighted by molar-refractivity contribution is 7.86. The predicted octanol–water partition coefficient (Wildman–Crippen LogP) is 1.24. The van der Waals surface area contributed by atoms with Crippen LogP contribution in [0.2, 0.25) is 0 Å². The standard InChI is InChI=1S/C16H22N2O2.2CHF3O3S/c1-17-13(7-5-9-15(17)19-3)11-12-14-8-6-10-16(20-4)18(14)2;2*2-1(3,4)8(5,6)7/h5-10H,11-12H2,1-4H3;2*(H,5,6,7)/q+2;;/p-2. The van der Waals surface area contributed by atoms with Crippen LogP contribution in [0.15, 0.2) is 36.4 Å². The molecule has 2 aromatic heterocycles. The Morgan fingerprint density at radius 2 is 0.944 bits per heavy atom. The maximum Gasteiger partial charge on any atom is 0.485 e. The Labute approximate surface area is 203 Å². The van der Waals surface area contributed by atoms with Crippen LogP contribution in [-0.2, 0) is 47.2 Å². The van der Waals surface area contributed by atoms with Crippen LogP contribution >= 0.6 is 0 Å². The van der Waals surface area contributed by atoms with Crippen molar-refractivity contribution in [1.82, 2.24) is 0 Å². The number of aromatic nitrogens is 2. The molecule has 36 heavy (non-hydrogen) atoms. The zero-order valence-electron chi connectivity index (χ0n) is 19.1. The average molecular weight is 573 g/mol. The van der Waals surface area contributed by atoms with Gasteiger partial charge in [-0.15, -0.1) is 0 Å². The Morgan fingerprint density at radius 3 is 1.14 bits per heavy atom. The SMILES string of the molecule is COc1cccc(CCc2cccc(OC)[n+]2C)[n+]1C.O=S(=O)([O-])C(F)(F)F.O=S(=O)([O-])C(F)(F)F. The first-order valence-electron chi connectivity index (χ1n) is 9.25. The van der Waals surface area contributed by atoms with Gasteiger partial charge in [-0.05, 0) is 12.1 Å². The molecule has 0 bridgehead atoms. The number of hydrogen-bond acceptors (Lipinski definition) is 8. The summed E-state index contributed by atoms with van der Waals surface area (Å²) in [7, 11) is -4.73. The van der Waals surface area contributed by atoms with E-state index in [2.05, 4.69) is 21.3 Å². The lowest BCUT2D eigenvalue weighted by atomic mass is 10.1. The minimum Gasteiger partial charge on any atom is -0.741 e. The topological polar surface area (TPSA) is 141 Å². The molecule has 0 N–H and O–H groups in total. The minimum atomic E-state index is -6.09. The molecule has 0 saturated carbocycles. The third-order valence-electron chi connectivity index (χ3n) is 4.20. The lowest BCUT2D eigenvalue weighted by molar-refractivity contribution is -0.688. The summed E-state index contributed by atoms with van der Waals surface area (Å²) in [5.74, 6) is 1.75. The third-order valence-corrected chi connectivity index (χ3v) is 5.33.